The molecule has 0 bridgehead atoms. The Balaban J connectivity index is 1.97. The molecule has 1 aromatic carbocycles. The Hall–Kier alpha value is -1.90. The first kappa shape index (κ1) is 23.4. The van der Waals surface area contributed by atoms with Crippen molar-refractivity contribution in [2.45, 2.75) is 44.3 Å². The molecule has 1 heterocycles. The van der Waals surface area contributed by atoms with E-state index in [4.69, 9.17) is 9.79 Å². The minimum atomic E-state index is -4.39. The monoisotopic (exact) mass is 436 g/mol. The maximum Gasteiger partial charge on any atom is 0.416 e. The molecular formula is C18H24F3N2O5P. The molecule has 0 spiro atoms. The summed E-state index contributed by atoms with van der Waals surface area (Å²) >= 11 is 0. The first-order valence-electron chi connectivity index (χ1n) is 9.14. The fourth-order valence-electron chi connectivity index (χ4n) is 3.40. The zero-order valence-corrected chi connectivity index (χ0v) is 16.7. The van der Waals surface area contributed by atoms with Crippen molar-refractivity contribution in [3.63, 3.8) is 0 Å². The summed E-state index contributed by atoms with van der Waals surface area (Å²) in [5, 5.41) is 2.43. The number of amides is 2. The third-order valence-corrected chi connectivity index (χ3v) is 5.74. The molecule has 0 aromatic heterocycles. The Labute approximate surface area is 166 Å². The van der Waals surface area contributed by atoms with Crippen molar-refractivity contribution in [2.24, 2.45) is 0 Å². The number of piperidine rings is 1. The number of nitrogens with zero attached hydrogens (tertiary/aromatic N) is 1. The summed E-state index contributed by atoms with van der Waals surface area (Å²) in [6, 6.07) is 3.96. The van der Waals surface area contributed by atoms with Crippen LogP contribution in [0.5, 0.6) is 0 Å². The number of rotatable bonds is 6. The third kappa shape index (κ3) is 7.13. The highest BCUT2D eigenvalue weighted by atomic mass is 31.2. The molecule has 0 radical (unpaired) electrons. The van der Waals surface area contributed by atoms with Gasteiger partial charge in [-0.15, -0.1) is 0 Å². The minimum absolute atomic E-state index is 0.00986. The van der Waals surface area contributed by atoms with Gasteiger partial charge in [0.05, 0.1) is 11.7 Å². The number of hydrogen-bond donors (Lipinski definition) is 3. The molecule has 29 heavy (non-hydrogen) atoms. The van der Waals surface area contributed by atoms with Gasteiger partial charge in [-0.2, -0.15) is 13.2 Å². The molecule has 1 aliphatic rings. The first-order chi connectivity index (χ1) is 13.4. The molecule has 11 heteroatoms. The van der Waals surface area contributed by atoms with Crippen LogP contribution in [-0.2, 0) is 20.3 Å². The number of halogens is 3. The largest absolute Gasteiger partial charge is 0.416 e. The molecule has 1 saturated heterocycles. The molecule has 1 atom stereocenters. The maximum atomic E-state index is 12.7. The van der Waals surface area contributed by atoms with Gasteiger partial charge in [-0.05, 0) is 42.9 Å². The highest BCUT2D eigenvalue weighted by Crippen LogP contribution is 2.36. The normalized spacial score (nSPS) is 17.1. The van der Waals surface area contributed by atoms with Gasteiger partial charge in [0, 0.05) is 20.0 Å². The summed E-state index contributed by atoms with van der Waals surface area (Å²) in [5.41, 5.74) is 0.0575. The molecule has 2 amide bonds. The summed E-state index contributed by atoms with van der Waals surface area (Å²) in [6.07, 6.45) is -4.00. The van der Waals surface area contributed by atoms with E-state index >= 15 is 0 Å². The van der Waals surface area contributed by atoms with Crippen molar-refractivity contribution in [3.05, 3.63) is 35.4 Å². The van der Waals surface area contributed by atoms with Crippen molar-refractivity contribution in [3.8, 4) is 0 Å². The second-order valence-electron chi connectivity index (χ2n) is 7.15. The van der Waals surface area contributed by atoms with Crippen LogP contribution in [0.15, 0.2) is 24.3 Å². The zero-order valence-electron chi connectivity index (χ0n) is 15.9. The van der Waals surface area contributed by atoms with Crippen LogP contribution in [0, 0.1) is 0 Å². The lowest BCUT2D eigenvalue weighted by Crippen LogP contribution is -2.50. The number of carbonyl (C=O) groups is 2. The number of carbonyl (C=O) groups excluding carboxylic acids is 2. The van der Waals surface area contributed by atoms with Gasteiger partial charge in [-0.25, -0.2) is 0 Å². The van der Waals surface area contributed by atoms with Crippen molar-refractivity contribution >= 4 is 19.4 Å². The Morgan fingerprint density at radius 1 is 1.21 bits per heavy atom. The molecule has 1 aliphatic heterocycles. The summed E-state index contributed by atoms with van der Waals surface area (Å²) in [4.78, 5) is 43.6. The number of alkyl halides is 3. The van der Waals surface area contributed by atoms with E-state index in [-0.39, 0.29) is 12.3 Å². The number of hydrogen-bond acceptors (Lipinski definition) is 3. The standard InChI is InChI=1S/C18H24F3N2O5P/c1-12(24)22-16(8-11-29(26,27)28)17(25)23-9-6-14(7-10-23)13-2-4-15(5-3-13)18(19,20)21/h2-5,14,16H,6-11H2,1H3,(H,22,24)(H2,26,27,28)/t16-/m0/s1. The van der Waals surface area contributed by atoms with Crippen LogP contribution < -0.4 is 5.32 Å². The van der Waals surface area contributed by atoms with Crippen molar-refractivity contribution in [2.75, 3.05) is 19.3 Å². The predicted molar refractivity (Wildman–Crippen MR) is 99.1 cm³/mol. The number of benzene rings is 1. The Morgan fingerprint density at radius 2 is 1.76 bits per heavy atom. The van der Waals surface area contributed by atoms with E-state index in [9.17, 15) is 27.3 Å². The van der Waals surface area contributed by atoms with Crippen LogP contribution in [0.25, 0.3) is 0 Å². The topological polar surface area (TPSA) is 107 Å². The molecule has 0 unspecified atom stereocenters. The smallest absolute Gasteiger partial charge is 0.345 e. The van der Waals surface area contributed by atoms with Crippen LogP contribution in [0.2, 0.25) is 0 Å². The summed E-state index contributed by atoms with van der Waals surface area (Å²) in [5.74, 6) is -0.885. The maximum absolute atomic E-state index is 12.7. The SMILES string of the molecule is CC(=O)N[C@@H](CCP(=O)(O)O)C(=O)N1CCC(c2ccc(C(F)(F)F)cc2)CC1. The molecule has 2 rings (SSSR count). The van der Waals surface area contributed by atoms with E-state index < -0.39 is 43.4 Å². The molecule has 1 fully saturated rings. The summed E-state index contributed by atoms with van der Waals surface area (Å²) in [6.45, 7) is 1.90. The van der Waals surface area contributed by atoms with Gasteiger partial charge in [0.2, 0.25) is 11.8 Å². The van der Waals surface area contributed by atoms with Gasteiger partial charge in [0.25, 0.3) is 0 Å². The predicted octanol–water partition coefficient (Wildman–Crippen LogP) is 2.48. The van der Waals surface area contributed by atoms with E-state index in [0.717, 1.165) is 17.7 Å². The quantitative estimate of drug-likeness (QED) is 0.594. The Morgan fingerprint density at radius 3 is 2.21 bits per heavy atom. The molecular weight excluding hydrogens is 412 g/mol. The second-order valence-corrected chi connectivity index (χ2v) is 8.93. The number of likely N-dealkylation sites (tertiary alicyclic amines) is 1. The van der Waals surface area contributed by atoms with E-state index in [1.807, 2.05) is 0 Å². The Kier molecular flexibility index (Phi) is 7.48. The van der Waals surface area contributed by atoms with E-state index in [1.54, 1.807) is 0 Å². The van der Waals surface area contributed by atoms with Gasteiger partial charge in [-0.3, -0.25) is 14.2 Å². The van der Waals surface area contributed by atoms with Gasteiger partial charge in [0.1, 0.15) is 6.04 Å². The van der Waals surface area contributed by atoms with Crippen LogP contribution in [-0.4, -0.2) is 51.8 Å². The van der Waals surface area contributed by atoms with Gasteiger partial charge in [-0.1, -0.05) is 12.1 Å². The molecule has 7 nitrogen and oxygen atoms in total. The highest BCUT2D eigenvalue weighted by Gasteiger charge is 2.32. The van der Waals surface area contributed by atoms with Crippen LogP contribution in [0.3, 0.4) is 0 Å². The average molecular weight is 436 g/mol. The summed E-state index contributed by atoms with van der Waals surface area (Å²) in [7, 11) is -4.31. The van der Waals surface area contributed by atoms with Crippen molar-refractivity contribution < 1.29 is 37.1 Å². The fraction of sp³-hybridized carbons (Fsp3) is 0.556. The lowest BCUT2D eigenvalue weighted by Gasteiger charge is -2.34. The second kappa shape index (κ2) is 9.28. The van der Waals surface area contributed by atoms with Gasteiger partial charge in [0.15, 0.2) is 0 Å². The minimum Gasteiger partial charge on any atom is -0.345 e. The van der Waals surface area contributed by atoms with E-state index in [1.165, 1.54) is 24.0 Å². The zero-order chi connectivity index (χ0) is 21.8. The third-order valence-electron chi connectivity index (χ3n) is 4.90. The molecule has 3 N–H and O–H groups in total. The van der Waals surface area contributed by atoms with Crippen LogP contribution in [0.4, 0.5) is 13.2 Å². The highest BCUT2D eigenvalue weighted by molar-refractivity contribution is 7.51. The summed E-state index contributed by atoms with van der Waals surface area (Å²) < 4.78 is 49.1. The van der Waals surface area contributed by atoms with Crippen LogP contribution in [0.1, 0.15) is 43.2 Å². The first-order valence-corrected chi connectivity index (χ1v) is 10.9. The van der Waals surface area contributed by atoms with Gasteiger partial charge >= 0.3 is 13.8 Å². The van der Waals surface area contributed by atoms with Crippen molar-refractivity contribution in [1.82, 2.24) is 10.2 Å². The lowest BCUT2D eigenvalue weighted by molar-refractivity contribution is -0.138. The molecule has 0 saturated carbocycles. The van der Waals surface area contributed by atoms with Crippen molar-refractivity contribution in [1.29, 1.82) is 0 Å². The van der Waals surface area contributed by atoms with E-state index in [0.29, 0.717) is 25.9 Å². The van der Waals surface area contributed by atoms with E-state index in [2.05, 4.69) is 5.32 Å². The molecule has 1 aromatic rings. The number of nitrogens with one attached hydrogen (secondary N) is 1. The van der Waals surface area contributed by atoms with Gasteiger partial charge < -0.3 is 20.0 Å². The molecule has 162 valence electrons. The Bertz CT molecular complexity index is 771. The van der Waals surface area contributed by atoms with Crippen LogP contribution >= 0.6 is 7.60 Å². The lowest BCUT2D eigenvalue weighted by atomic mass is 9.88. The fourth-order valence-corrected chi connectivity index (χ4v) is 3.99. The molecule has 0 aliphatic carbocycles. The average Bonchev–Trinajstić information content (AvgIpc) is 2.63.